The molecule has 0 radical (unpaired) electrons. The van der Waals surface area contributed by atoms with E-state index in [1.54, 1.807) is 0 Å². The van der Waals surface area contributed by atoms with Gasteiger partial charge in [0.05, 0.1) is 0 Å². The fourth-order valence-electron chi connectivity index (χ4n) is 1.14. The molecule has 60 valence electrons. The molecule has 0 atom stereocenters. The highest BCUT2D eigenvalue weighted by molar-refractivity contribution is 5.98. The predicted molar refractivity (Wildman–Crippen MR) is 47.7 cm³/mol. The minimum absolute atomic E-state index is 0.103. The van der Waals surface area contributed by atoms with Crippen LogP contribution in [0.5, 0.6) is 0 Å². The van der Waals surface area contributed by atoms with Crippen molar-refractivity contribution in [2.45, 2.75) is 40.2 Å². The fraction of sp³-hybridized carbons (Fsp3) is 1.00. The number of hydrogen-bond donors (Lipinski definition) is 0. The topological polar surface area (TPSA) is 9.23 Å². The summed E-state index contributed by atoms with van der Waals surface area (Å²) < 4.78 is 5.60. The van der Waals surface area contributed by atoms with Crippen molar-refractivity contribution in [1.29, 1.82) is 0 Å². The van der Waals surface area contributed by atoms with Gasteiger partial charge in [-0.05, 0) is 18.8 Å². The van der Waals surface area contributed by atoms with E-state index in [9.17, 15) is 0 Å². The van der Waals surface area contributed by atoms with E-state index in [-0.39, 0.29) is 5.60 Å². The monoisotopic (exact) mass is 158 g/mol. The first-order valence-corrected chi connectivity index (χ1v) is 4.82. The lowest BCUT2D eigenvalue weighted by atomic mass is 9.82. The summed E-state index contributed by atoms with van der Waals surface area (Å²) in [7, 11) is 0. The lowest BCUT2D eigenvalue weighted by Gasteiger charge is -2.38. The van der Waals surface area contributed by atoms with Crippen molar-refractivity contribution in [2.75, 3.05) is 0 Å². The fourth-order valence-corrected chi connectivity index (χ4v) is 2.08. The Bertz CT molecular complexity index is 91.4. The molecule has 2 heteroatoms. The first kappa shape index (κ1) is 10.5. The zero-order chi connectivity index (χ0) is 8.36. The third-order valence-corrected chi connectivity index (χ3v) is 3.61. The highest BCUT2D eigenvalue weighted by Crippen LogP contribution is 2.28. The van der Waals surface area contributed by atoms with E-state index < -0.39 is 0 Å². The Labute approximate surface area is 72.9 Å². The van der Waals surface area contributed by atoms with Gasteiger partial charge in [0, 0.05) is 5.60 Å². The molecule has 0 aromatic heterocycles. The predicted octanol–water partition coefficient (Wildman–Crippen LogP) is 1.62. The Balaban J connectivity index is 4.23. The smallest absolute Gasteiger partial charge is 0.410 e. The van der Waals surface area contributed by atoms with Gasteiger partial charge in [0.1, 0.15) is 0 Å². The van der Waals surface area contributed by atoms with Gasteiger partial charge in [-0.2, -0.15) is 0 Å². The average molecular weight is 158 g/mol. The van der Waals surface area contributed by atoms with Gasteiger partial charge in [0.25, 0.3) is 0 Å². The molecule has 0 aromatic rings. The van der Waals surface area contributed by atoms with Crippen LogP contribution in [0.3, 0.4) is 0 Å². The maximum Gasteiger partial charge on any atom is 0.410 e. The molecular weight excluding hydrogens is 139 g/mol. The standard InChI is InChI=1S/C8H17O.Al.2H/c1-6(2)8(5,9)7(3)4;;;/h6-7H,1-5H3;;;/q-1;+1;;. The zero-order valence-corrected chi connectivity index (χ0v) is 10.1. The molecule has 0 unspecified atom stereocenters. The third-order valence-electron chi connectivity index (χ3n) is 2.73. The molecule has 0 rings (SSSR count). The Morgan fingerprint density at radius 1 is 1.10 bits per heavy atom. The summed E-state index contributed by atoms with van der Waals surface area (Å²) >= 11 is 0.842. The maximum absolute atomic E-state index is 5.60. The van der Waals surface area contributed by atoms with E-state index in [0.29, 0.717) is 11.8 Å². The Kier molecular flexibility index (Phi) is 3.95. The first-order valence-electron chi connectivity index (χ1n) is 4.00. The molecule has 0 N–H and O–H groups in total. The van der Waals surface area contributed by atoms with Crippen molar-refractivity contribution in [3.63, 3.8) is 0 Å². The largest absolute Gasteiger partial charge is 0.501 e. The molecule has 0 amide bonds. The van der Waals surface area contributed by atoms with E-state index in [0.717, 1.165) is 16.6 Å². The molecular formula is C8H19AlO. The summed E-state index contributed by atoms with van der Waals surface area (Å²) in [6.07, 6.45) is 0. The summed E-state index contributed by atoms with van der Waals surface area (Å²) in [5.41, 5.74) is 0.103. The van der Waals surface area contributed by atoms with Crippen molar-refractivity contribution in [1.82, 2.24) is 0 Å². The molecule has 10 heavy (non-hydrogen) atoms. The SMILES string of the molecule is CC(C)C(C)([O][AlH2])C(C)C. The second-order valence-electron chi connectivity index (χ2n) is 3.70. The normalized spacial score (nSPS) is 13.1. The van der Waals surface area contributed by atoms with E-state index in [4.69, 9.17) is 3.79 Å². The van der Waals surface area contributed by atoms with Gasteiger partial charge in [0.2, 0.25) is 0 Å². The number of rotatable bonds is 3. The van der Waals surface area contributed by atoms with E-state index in [2.05, 4.69) is 34.6 Å². The average Bonchev–Trinajstić information content (AvgIpc) is 1.85. The van der Waals surface area contributed by atoms with Crippen LogP contribution >= 0.6 is 0 Å². The maximum atomic E-state index is 5.60. The molecule has 0 fully saturated rings. The van der Waals surface area contributed by atoms with Crippen molar-refractivity contribution < 1.29 is 3.79 Å². The van der Waals surface area contributed by atoms with Gasteiger partial charge in [-0.1, -0.05) is 27.7 Å². The summed E-state index contributed by atoms with van der Waals surface area (Å²) in [4.78, 5) is 0. The van der Waals surface area contributed by atoms with Crippen LogP contribution in [0.25, 0.3) is 0 Å². The third kappa shape index (κ3) is 1.99. The van der Waals surface area contributed by atoms with Gasteiger partial charge in [-0.25, -0.2) is 0 Å². The van der Waals surface area contributed by atoms with Crippen molar-refractivity contribution in [2.24, 2.45) is 11.8 Å². The van der Waals surface area contributed by atoms with Gasteiger partial charge >= 0.3 is 16.6 Å². The van der Waals surface area contributed by atoms with Gasteiger partial charge in [-0.3, -0.25) is 0 Å². The molecule has 0 aliphatic heterocycles. The van der Waals surface area contributed by atoms with Crippen LogP contribution in [0, 0.1) is 11.8 Å². The summed E-state index contributed by atoms with van der Waals surface area (Å²) in [5, 5.41) is 0. The van der Waals surface area contributed by atoms with Crippen LogP contribution < -0.4 is 0 Å². The minimum atomic E-state index is 0.103. The van der Waals surface area contributed by atoms with Crippen molar-refractivity contribution >= 4 is 16.6 Å². The number of hydrogen-bond acceptors (Lipinski definition) is 1. The molecule has 0 saturated carbocycles. The lowest BCUT2D eigenvalue weighted by molar-refractivity contribution is 0.00412. The van der Waals surface area contributed by atoms with E-state index >= 15 is 0 Å². The van der Waals surface area contributed by atoms with Gasteiger partial charge in [0.15, 0.2) is 0 Å². The molecule has 0 saturated heterocycles. The van der Waals surface area contributed by atoms with Crippen molar-refractivity contribution in [3.8, 4) is 0 Å². The van der Waals surface area contributed by atoms with E-state index in [1.165, 1.54) is 0 Å². The van der Waals surface area contributed by atoms with Crippen molar-refractivity contribution in [3.05, 3.63) is 0 Å². The summed E-state index contributed by atoms with van der Waals surface area (Å²) in [6, 6.07) is 0. The molecule has 0 aliphatic rings. The second-order valence-corrected chi connectivity index (χ2v) is 4.11. The molecule has 1 nitrogen and oxygen atoms in total. The minimum Gasteiger partial charge on any atom is -0.501 e. The quantitative estimate of drug-likeness (QED) is 0.567. The summed E-state index contributed by atoms with van der Waals surface area (Å²) in [6.45, 7) is 11.1. The molecule has 0 heterocycles. The van der Waals surface area contributed by atoms with Crippen LogP contribution in [0.4, 0.5) is 0 Å². The zero-order valence-electron chi connectivity index (χ0n) is 8.06. The van der Waals surface area contributed by atoms with Gasteiger partial charge in [-0.15, -0.1) is 0 Å². The van der Waals surface area contributed by atoms with Crippen LogP contribution in [-0.4, -0.2) is 22.2 Å². The second kappa shape index (κ2) is 3.76. The lowest BCUT2D eigenvalue weighted by Crippen LogP contribution is -2.39. The highest BCUT2D eigenvalue weighted by Gasteiger charge is 2.29. The highest BCUT2D eigenvalue weighted by atomic mass is 27.1. The van der Waals surface area contributed by atoms with Crippen LogP contribution in [0.15, 0.2) is 0 Å². The van der Waals surface area contributed by atoms with Crippen LogP contribution in [-0.2, 0) is 3.79 Å². The van der Waals surface area contributed by atoms with Crippen LogP contribution in [0.1, 0.15) is 34.6 Å². The molecule has 0 aromatic carbocycles. The molecule has 0 aliphatic carbocycles. The molecule has 0 bridgehead atoms. The summed E-state index contributed by atoms with van der Waals surface area (Å²) in [5.74, 6) is 1.23. The van der Waals surface area contributed by atoms with E-state index in [1.807, 2.05) is 0 Å². The molecule has 0 spiro atoms. The Hall–Kier alpha value is 0.492. The first-order chi connectivity index (χ1) is 4.45. The van der Waals surface area contributed by atoms with Crippen LogP contribution in [0.2, 0.25) is 0 Å². The van der Waals surface area contributed by atoms with Gasteiger partial charge < -0.3 is 3.79 Å². The Morgan fingerprint density at radius 2 is 1.40 bits per heavy atom. The Morgan fingerprint density at radius 3 is 1.40 bits per heavy atom.